The summed E-state index contributed by atoms with van der Waals surface area (Å²) in [7, 11) is 0. The second-order valence-corrected chi connectivity index (χ2v) is 4.84. The molecule has 22 heavy (non-hydrogen) atoms. The molecule has 2 rings (SSSR count). The lowest BCUT2D eigenvalue weighted by atomic mass is 10.1. The fourth-order valence-electron chi connectivity index (χ4n) is 1.70. The number of hydrogen-bond acceptors (Lipinski definition) is 3. The molecule has 0 amide bonds. The molecular weight excluding hydrogens is 314 g/mol. The average molecular weight is 325 g/mol. The Hall–Kier alpha value is -2.47. The monoisotopic (exact) mass is 324 g/mol. The van der Waals surface area contributed by atoms with Gasteiger partial charge in [-0.05, 0) is 43.3 Å². The molecule has 2 aromatic carbocycles. The van der Waals surface area contributed by atoms with Gasteiger partial charge in [0.2, 0.25) is 0 Å². The van der Waals surface area contributed by atoms with Crippen LogP contribution in [0.1, 0.15) is 22.8 Å². The van der Waals surface area contributed by atoms with Crippen LogP contribution in [-0.4, -0.2) is 16.8 Å². The smallest absolute Gasteiger partial charge is 0.335 e. The number of rotatable bonds is 4. The van der Waals surface area contributed by atoms with Crippen molar-refractivity contribution < 1.29 is 18.7 Å². The molecule has 0 saturated carbocycles. The molecule has 0 aliphatic rings. The zero-order valence-electron chi connectivity index (χ0n) is 11.4. The molecule has 4 nitrogen and oxygen atoms in total. The number of nitrogens with zero attached hydrogens (tertiary/aromatic N) is 1. The summed E-state index contributed by atoms with van der Waals surface area (Å²) in [6, 6.07) is 7.67. The van der Waals surface area contributed by atoms with Crippen molar-refractivity contribution in [3.05, 3.63) is 64.2 Å². The Labute approximate surface area is 130 Å². The Bertz CT molecular complexity index is 746. The van der Waals surface area contributed by atoms with Gasteiger partial charge in [0, 0.05) is 5.56 Å². The summed E-state index contributed by atoms with van der Waals surface area (Å²) < 4.78 is 27.1. The number of anilines is 1. The first kappa shape index (κ1) is 15.9. The highest BCUT2D eigenvalue weighted by Crippen LogP contribution is 2.20. The van der Waals surface area contributed by atoms with E-state index < -0.39 is 17.6 Å². The highest BCUT2D eigenvalue weighted by Gasteiger charge is 2.11. The minimum Gasteiger partial charge on any atom is -0.478 e. The van der Waals surface area contributed by atoms with Gasteiger partial charge in [0.1, 0.15) is 11.6 Å². The predicted molar refractivity (Wildman–Crippen MR) is 80.6 cm³/mol. The molecule has 0 fully saturated rings. The zero-order valence-corrected chi connectivity index (χ0v) is 12.2. The van der Waals surface area contributed by atoms with E-state index in [1.165, 1.54) is 31.2 Å². The van der Waals surface area contributed by atoms with Crippen LogP contribution in [0.15, 0.2) is 41.5 Å². The molecule has 0 aliphatic heterocycles. The van der Waals surface area contributed by atoms with E-state index in [1.807, 2.05) is 0 Å². The van der Waals surface area contributed by atoms with Crippen LogP contribution in [0.2, 0.25) is 5.02 Å². The molecule has 0 aromatic heterocycles. The summed E-state index contributed by atoms with van der Waals surface area (Å²) in [4.78, 5) is 10.7. The summed E-state index contributed by atoms with van der Waals surface area (Å²) in [6.07, 6.45) is 0. The summed E-state index contributed by atoms with van der Waals surface area (Å²) in [5.41, 5.74) is 3.49. The van der Waals surface area contributed by atoms with Gasteiger partial charge in [-0.1, -0.05) is 11.6 Å². The number of hydrogen-bond donors (Lipinski definition) is 2. The normalized spacial score (nSPS) is 11.4. The van der Waals surface area contributed by atoms with E-state index in [4.69, 9.17) is 16.7 Å². The number of hydrazone groups is 1. The van der Waals surface area contributed by atoms with Crippen LogP contribution < -0.4 is 5.43 Å². The van der Waals surface area contributed by atoms with Gasteiger partial charge in [0.25, 0.3) is 0 Å². The zero-order chi connectivity index (χ0) is 16.3. The Morgan fingerprint density at radius 3 is 2.41 bits per heavy atom. The number of carboxylic acids is 1. The molecule has 2 N–H and O–H groups in total. The lowest BCUT2D eigenvalue weighted by Crippen LogP contribution is -2.04. The van der Waals surface area contributed by atoms with Crippen molar-refractivity contribution in [3.8, 4) is 0 Å². The Kier molecular flexibility index (Phi) is 4.72. The van der Waals surface area contributed by atoms with Crippen LogP contribution in [-0.2, 0) is 0 Å². The number of nitrogens with one attached hydrogen (secondary N) is 1. The third kappa shape index (κ3) is 3.59. The molecule has 0 spiro atoms. The van der Waals surface area contributed by atoms with Crippen LogP contribution in [0.4, 0.5) is 14.5 Å². The van der Waals surface area contributed by atoms with Gasteiger partial charge in [0.05, 0.1) is 22.0 Å². The molecule has 114 valence electrons. The van der Waals surface area contributed by atoms with Crippen molar-refractivity contribution in [2.45, 2.75) is 6.92 Å². The molecule has 0 atom stereocenters. The minimum atomic E-state index is -1.04. The minimum absolute atomic E-state index is 0.0171. The molecular formula is C15H11ClF2N2O2. The molecule has 7 heteroatoms. The maximum Gasteiger partial charge on any atom is 0.335 e. The second kappa shape index (κ2) is 6.53. The largest absolute Gasteiger partial charge is 0.478 e. The number of carboxylic acid groups (broad SMARTS) is 1. The van der Waals surface area contributed by atoms with Crippen molar-refractivity contribution in [1.29, 1.82) is 0 Å². The Morgan fingerprint density at radius 2 is 1.82 bits per heavy atom. The van der Waals surface area contributed by atoms with Crippen LogP contribution >= 0.6 is 11.6 Å². The highest BCUT2D eigenvalue weighted by atomic mass is 35.5. The standard InChI is InChI=1S/C15H11ClF2N2O2/c1-8(11-6-14(18)12(16)7-13(11)17)19-20-10-4-2-9(3-5-10)15(21)22/h2-7,20H,1H3,(H,21,22)/b19-8-. The SMILES string of the molecule is C/C(=N/Nc1ccc(C(=O)O)cc1)c1cc(F)c(Cl)cc1F. The third-order valence-electron chi connectivity index (χ3n) is 2.88. The van der Waals surface area contributed by atoms with Crippen LogP contribution in [0.3, 0.4) is 0 Å². The molecule has 0 unspecified atom stereocenters. The molecule has 0 heterocycles. The topological polar surface area (TPSA) is 61.7 Å². The fourth-order valence-corrected chi connectivity index (χ4v) is 1.85. The quantitative estimate of drug-likeness (QED) is 0.504. The van der Waals surface area contributed by atoms with Gasteiger partial charge >= 0.3 is 5.97 Å². The maximum atomic E-state index is 13.7. The number of aromatic carboxylic acids is 1. The van der Waals surface area contributed by atoms with Crippen molar-refractivity contribution >= 4 is 29.0 Å². The average Bonchev–Trinajstić information content (AvgIpc) is 2.49. The second-order valence-electron chi connectivity index (χ2n) is 4.44. The van der Waals surface area contributed by atoms with E-state index in [9.17, 15) is 13.6 Å². The van der Waals surface area contributed by atoms with E-state index in [2.05, 4.69) is 10.5 Å². The molecule has 0 radical (unpaired) electrons. The van der Waals surface area contributed by atoms with Crippen molar-refractivity contribution in [3.63, 3.8) is 0 Å². The van der Waals surface area contributed by atoms with Crippen LogP contribution in [0.5, 0.6) is 0 Å². The first-order valence-corrected chi connectivity index (χ1v) is 6.55. The van der Waals surface area contributed by atoms with Crippen LogP contribution in [0, 0.1) is 11.6 Å². The molecule has 0 bridgehead atoms. The van der Waals surface area contributed by atoms with E-state index in [1.54, 1.807) is 0 Å². The number of carbonyl (C=O) groups is 1. The third-order valence-corrected chi connectivity index (χ3v) is 3.17. The van der Waals surface area contributed by atoms with E-state index in [-0.39, 0.29) is 21.9 Å². The Morgan fingerprint density at radius 1 is 1.18 bits per heavy atom. The van der Waals surface area contributed by atoms with Gasteiger partial charge in [-0.15, -0.1) is 0 Å². The van der Waals surface area contributed by atoms with Crippen LogP contribution in [0.25, 0.3) is 0 Å². The summed E-state index contributed by atoms with van der Waals surface area (Å²) in [5.74, 6) is -2.46. The van der Waals surface area contributed by atoms with Gasteiger partial charge in [0.15, 0.2) is 0 Å². The summed E-state index contributed by atoms with van der Waals surface area (Å²) in [6.45, 7) is 1.50. The highest BCUT2D eigenvalue weighted by molar-refractivity contribution is 6.30. The predicted octanol–water partition coefficient (Wildman–Crippen LogP) is 4.15. The van der Waals surface area contributed by atoms with Crippen molar-refractivity contribution in [2.24, 2.45) is 5.10 Å². The summed E-state index contributed by atoms with van der Waals surface area (Å²) >= 11 is 5.49. The van der Waals surface area contributed by atoms with E-state index in [0.29, 0.717) is 5.69 Å². The van der Waals surface area contributed by atoms with E-state index in [0.717, 1.165) is 12.1 Å². The van der Waals surface area contributed by atoms with Gasteiger partial charge in [-0.25, -0.2) is 13.6 Å². The van der Waals surface area contributed by atoms with Gasteiger partial charge in [-0.3, -0.25) is 5.43 Å². The molecule has 0 saturated heterocycles. The van der Waals surface area contributed by atoms with Gasteiger partial charge in [-0.2, -0.15) is 5.10 Å². The van der Waals surface area contributed by atoms with E-state index >= 15 is 0 Å². The fraction of sp³-hybridized carbons (Fsp3) is 0.0667. The lowest BCUT2D eigenvalue weighted by molar-refractivity contribution is 0.0697. The van der Waals surface area contributed by atoms with Crippen molar-refractivity contribution in [2.75, 3.05) is 5.43 Å². The maximum absolute atomic E-state index is 13.7. The Balaban J connectivity index is 2.19. The number of benzene rings is 2. The molecule has 0 aliphatic carbocycles. The number of halogens is 3. The molecule has 2 aromatic rings. The van der Waals surface area contributed by atoms with Gasteiger partial charge < -0.3 is 5.11 Å². The first-order chi connectivity index (χ1) is 10.4. The lowest BCUT2D eigenvalue weighted by Gasteiger charge is -2.06. The summed E-state index contributed by atoms with van der Waals surface area (Å²) in [5, 5.41) is 12.4. The van der Waals surface area contributed by atoms with Crippen molar-refractivity contribution in [1.82, 2.24) is 0 Å². The first-order valence-electron chi connectivity index (χ1n) is 6.17.